The van der Waals surface area contributed by atoms with Gasteiger partial charge in [-0.3, -0.25) is 0 Å². The Bertz CT molecular complexity index is 1040. The van der Waals surface area contributed by atoms with Gasteiger partial charge in [0.1, 0.15) is 11.5 Å². The predicted octanol–water partition coefficient (Wildman–Crippen LogP) is 10.5. The summed E-state index contributed by atoms with van der Waals surface area (Å²) >= 11 is 0. The highest BCUT2D eigenvalue weighted by Gasteiger charge is 2.40. The van der Waals surface area contributed by atoms with Crippen LogP contribution in [0.4, 0.5) is 0 Å². The Morgan fingerprint density at radius 2 is 1.11 bits per heavy atom. The number of benzene rings is 2. The SMILES string of the molecule is COc1c(-c2ccccc2C(C)C)c(P(C2CCCCC2)C2CCCCC2)c(OC)c(C(C)C)c1C(C)C. The minimum Gasteiger partial charge on any atom is -0.496 e. The summed E-state index contributed by atoms with van der Waals surface area (Å²) in [6, 6.07) is 9.14. The zero-order valence-corrected chi connectivity index (χ0v) is 26.4. The fourth-order valence-corrected chi connectivity index (χ4v) is 11.5. The summed E-state index contributed by atoms with van der Waals surface area (Å²) in [6.07, 6.45) is 13.8. The topological polar surface area (TPSA) is 18.5 Å². The molecule has 38 heavy (non-hydrogen) atoms. The van der Waals surface area contributed by atoms with Crippen LogP contribution < -0.4 is 14.8 Å². The third-order valence-corrected chi connectivity index (χ3v) is 12.6. The Balaban J connectivity index is 2.16. The number of hydrogen-bond donors (Lipinski definition) is 0. The molecule has 0 N–H and O–H groups in total. The molecule has 0 heterocycles. The molecule has 0 amide bonds. The van der Waals surface area contributed by atoms with Crippen molar-refractivity contribution in [3.63, 3.8) is 0 Å². The summed E-state index contributed by atoms with van der Waals surface area (Å²) in [4.78, 5) is 0. The van der Waals surface area contributed by atoms with E-state index >= 15 is 0 Å². The second-order valence-corrected chi connectivity index (χ2v) is 15.4. The van der Waals surface area contributed by atoms with Crippen molar-refractivity contribution in [2.24, 2.45) is 0 Å². The van der Waals surface area contributed by atoms with Crippen LogP contribution in [0.15, 0.2) is 24.3 Å². The summed E-state index contributed by atoms with van der Waals surface area (Å²) < 4.78 is 13.2. The largest absolute Gasteiger partial charge is 0.496 e. The molecule has 4 rings (SSSR count). The quantitative estimate of drug-likeness (QED) is 0.297. The van der Waals surface area contributed by atoms with E-state index in [-0.39, 0.29) is 0 Å². The van der Waals surface area contributed by atoms with Gasteiger partial charge in [0, 0.05) is 22.0 Å². The first-order valence-corrected chi connectivity index (χ1v) is 17.0. The standard InChI is InChI=1S/C35H53O2P/c1-23(2)28-21-15-16-22-29(28)32-33(36-7)30(24(3)4)31(25(5)6)34(37-8)35(32)38(26-17-11-9-12-18-26)27-19-13-10-14-20-27/h15-16,21-27H,9-14,17-20H2,1-8H3. The van der Waals surface area contributed by atoms with Gasteiger partial charge in [-0.25, -0.2) is 0 Å². The first kappa shape index (κ1) is 29.5. The molecule has 2 aliphatic rings. The van der Waals surface area contributed by atoms with Gasteiger partial charge in [-0.2, -0.15) is 0 Å². The van der Waals surface area contributed by atoms with Crippen LogP contribution >= 0.6 is 7.92 Å². The van der Waals surface area contributed by atoms with E-state index in [1.165, 1.54) is 97.8 Å². The van der Waals surface area contributed by atoms with Gasteiger partial charge in [-0.05, 0) is 65.9 Å². The maximum Gasteiger partial charge on any atom is 0.131 e. The third kappa shape index (κ3) is 5.82. The molecule has 2 aliphatic carbocycles. The van der Waals surface area contributed by atoms with E-state index in [0.717, 1.165) is 17.1 Å². The van der Waals surface area contributed by atoms with Gasteiger partial charge in [0.05, 0.1) is 14.2 Å². The fraction of sp³-hybridized carbons (Fsp3) is 0.657. The summed E-state index contributed by atoms with van der Waals surface area (Å²) in [5, 5.41) is 1.54. The van der Waals surface area contributed by atoms with Crippen molar-refractivity contribution in [2.75, 3.05) is 14.2 Å². The Labute approximate surface area is 235 Å². The first-order valence-electron chi connectivity index (χ1n) is 15.5. The van der Waals surface area contributed by atoms with Crippen LogP contribution in [-0.2, 0) is 0 Å². The molecular weight excluding hydrogens is 483 g/mol. The minimum absolute atomic E-state index is 0.353. The van der Waals surface area contributed by atoms with E-state index in [2.05, 4.69) is 65.8 Å². The van der Waals surface area contributed by atoms with E-state index in [4.69, 9.17) is 9.47 Å². The molecule has 210 valence electrons. The molecule has 2 aromatic rings. The van der Waals surface area contributed by atoms with Gasteiger partial charge in [-0.1, -0.05) is 112 Å². The van der Waals surface area contributed by atoms with Crippen molar-refractivity contribution >= 4 is 13.2 Å². The number of ether oxygens (including phenoxy) is 2. The molecule has 0 aliphatic heterocycles. The maximum atomic E-state index is 6.61. The summed E-state index contributed by atoms with van der Waals surface area (Å²) in [5.74, 6) is 3.48. The molecule has 0 unspecified atom stereocenters. The number of methoxy groups -OCH3 is 2. The van der Waals surface area contributed by atoms with E-state index in [0.29, 0.717) is 17.8 Å². The normalized spacial score (nSPS) is 17.7. The van der Waals surface area contributed by atoms with Gasteiger partial charge >= 0.3 is 0 Å². The van der Waals surface area contributed by atoms with Crippen LogP contribution in [0.2, 0.25) is 0 Å². The summed E-state index contributed by atoms with van der Waals surface area (Å²) in [6.45, 7) is 14.0. The molecule has 2 fully saturated rings. The van der Waals surface area contributed by atoms with Crippen molar-refractivity contribution < 1.29 is 9.47 Å². The smallest absolute Gasteiger partial charge is 0.131 e. The number of rotatable bonds is 9. The van der Waals surface area contributed by atoms with Crippen molar-refractivity contribution in [1.82, 2.24) is 0 Å². The Hall–Kier alpha value is -1.53. The van der Waals surface area contributed by atoms with Gasteiger partial charge in [0.15, 0.2) is 0 Å². The maximum absolute atomic E-state index is 6.61. The highest BCUT2D eigenvalue weighted by Crippen LogP contribution is 2.61. The van der Waals surface area contributed by atoms with Crippen molar-refractivity contribution in [1.29, 1.82) is 0 Å². The highest BCUT2D eigenvalue weighted by atomic mass is 31.1. The average molecular weight is 537 g/mol. The lowest BCUT2D eigenvalue weighted by Gasteiger charge is -2.42. The lowest BCUT2D eigenvalue weighted by atomic mass is 9.83. The van der Waals surface area contributed by atoms with E-state index < -0.39 is 7.92 Å². The fourth-order valence-electron chi connectivity index (χ4n) is 7.40. The average Bonchev–Trinajstić information content (AvgIpc) is 2.93. The van der Waals surface area contributed by atoms with Gasteiger partial charge in [0.25, 0.3) is 0 Å². The zero-order chi connectivity index (χ0) is 27.4. The molecule has 2 saturated carbocycles. The van der Waals surface area contributed by atoms with Crippen LogP contribution in [0.1, 0.15) is 140 Å². The zero-order valence-electron chi connectivity index (χ0n) is 25.5. The highest BCUT2D eigenvalue weighted by molar-refractivity contribution is 7.67. The van der Waals surface area contributed by atoms with Crippen molar-refractivity contribution in [2.45, 2.75) is 135 Å². The molecule has 0 radical (unpaired) electrons. The molecule has 0 spiro atoms. The molecule has 3 heteroatoms. The van der Waals surface area contributed by atoms with Crippen molar-refractivity contribution in [3.8, 4) is 22.6 Å². The summed E-state index contributed by atoms with van der Waals surface area (Å²) in [5.41, 5.74) is 8.46. The monoisotopic (exact) mass is 536 g/mol. The second kappa shape index (κ2) is 13.2. The molecule has 2 nitrogen and oxygen atoms in total. The lowest BCUT2D eigenvalue weighted by molar-refractivity contribution is 0.394. The predicted molar refractivity (Wildman–Crippen MR) is 168 cm³/mol. The molecule has 0 aromatic heterocycles. The van der Waals surface area contributed by atoms with Gasteiger partial charge in [0.2, 0.25) is 0 Å². The van der Waals surface area contributed by atoms with Gasteiger partial charge < -0.3 is 9.47 Å². The van der Waals surface area contributed by atoms with Crippen molar-refractivity contribution in [3.05, 3.63) is 41.0 Å². The first-order chi connectivity index (χ1) is 18.3. The Morgan fingerprint density at radius 3 is 1.55 bits per heavy atom. The van der Waals surface area contributed by atoms with Crippen LogP contribution in [0.25, 0.3) is 11.1 Å². The molecule has 0 saturated heterocycles. The molecule has 0 atom stereocenters. The molecular formula is C35H53O2P. The third-order valence-electron chi connectivity index (χ3n) is 9.07. The van der Waals surface area contributed by atoms with Crippen LogP contribution in [0.5, 0.6) is 11.5 Å². The van der Waals surface area contributed by atoms with Gasteiger partial charge in [-0.15, -0.1) is 0 Å². The van der Waals surface area contributed by atoms with Crippen LogP contribution in [-0.4, -0.2) is 25.5 Å². The van der Waals surface area contributed by atoms with Crippen LogP contribution in [0.3, 0.4) is 0 Å². The van der Waals surface area contributed by atoms with E-state index in [9.17, 15) is 0 Å². The Kier molecular flexibility index (Phi) is 10.2. The molecule has 0 bridgehead atoms. The van der Waals surface area contributed by atoms with Crippen LogP contribution in [0, 0.1) is 0 Å². The molecule has 2 aromatic carbocycles. The Morgan fingerprint density at radius 1 is 0.632 bits per heavy atom. The summed E-state index contributed by atoms with van der Waals surface area (Å²) in [7, 11) is 3.45. The lowest BCUT2D eigenvalue weighted by Crippen LogP contribution is -2.29. The van der Waals surface area contributed by atoms with E-state index in [1.54, 1.807) is 5.30 Å². The van der Waals surface area contributed by atoms with E-state index in [1.807, 2.05) is 14.2 Å². The second-order valence-electron chi connectivity index (χ2n) is 12.7. The minimum atomic E-state index is -0.394. The number of hydrogen-bond acceptors (Lipinski definition) is 2.